The van der Waals surface area contributed by atoms with Gasteiger partial charge in [0.05, 0.1) is 9.85 Å². The molecule has 1 N–H and O–H groups in total. The summed E-state index contributed by atoms with van der Waals surface area (Å²) in [4.78, 5) is 38.7. The number of amides is 1. The van der Waals surface area contributed by atoms with Crippen molar-refractivity contribution in [3.05, 3.63) is 143 Å². The summed E-state index contributed by atoms with van der Waals surface area (Å²) >= 11 is 0. The van der Waals surface area contributed by atoms with Crippen LogP contribution in [-0.4, -0.2) is 30.9 Å². The van der Waals surface area contributed by atoms with Crippen LogP contribution >= 0.6 is 0 Å². The molecular formula is C37H34N2O7. The highest BCUT2D eigenvalue weighted by atomic mass is 16.6. The Bertz CT molecular complexity index is 1860. The Kier molecular flexibility index (Phi) is 11.0. The third-order valence-corrected chi connectivity index (χ3v) is 6.09. The fraction of sp³-hybridized carbons (Fsp3) is 0.135. The van der Waals surface area contributed by atoms with Gasteiger partial charge in [0.25, 0.3) is 0 Å². The molecule has 9 nitrogen and oxygen atoms in total. The highest BCUT2D eigenvalue weighted by molar-refractivity contribution is 6.06. The molecule has 0 atom stereocenters. The van der Waals surface area contributed by atoms with Crippen molar-refractivity contribution >= 4 is 35.8 Å². The minimum absolute atomic E-state index is 0.0164. The maximum atomic E-state index is 11.8. The average Bonchev–Trinajstić information content (AvgIpc) is 3.46. The van der Waals surface area contributed by atoms with Crippen molar-refractivity contribution in [2.75, 3.05) is 7.11 Å². The van der Waals surface area contributed by atoms with E-state index < -0.39 is 17.8 Å². The number of rotatable bonds is 10. The third kappa shape index (κ3) is 10.6. The van der Waals surface area contributed by atoms with Gasteiger partial charge in [-0.2, -0.15) is 0 Å². The second-order valence-electron chi connectivity index (χ2n) is 9.77. The minimum atomic E-state index is -0.782. The number of carbonyl (C=O) groups excluding carboxylic acids is 3. The van der Waals surface area contributed by atoms with E-state index in [4.69, 9.17) is 17.0 Å². The van der Waals surface area contributed by atoms with Crippen molar-refractivity contribution in [2.45, 2.75) is 27.1 Å². The maximum absolute atomic E-state index is 11.8. The van der Waals surface area contributed by atoms with E-state index in [-0.39, 0.29) is 29.4 Å². The number of nitrogens with one attached hydrogen (secondary N) is 1. The molecular weight excluding hydrogens is 584 g/mol. The van der Waals surface area contributed by atoms with E-state index in [1.807, 2.05) is 66.7 Å². The van der Waals surface area contributed by atoms with E-state index in [1.165, 1.54) is 14.0 Å². The lowest BCUT2D eigenvalue weighted by Crippen LogP contribution is -2.25. The molecule has 1 amide bonds. The highest BCUT2D eigenvalue weighted by Gasteiger charge is 2.19. The normalized spacial score (nSPS) is 14.2. The van der Waals surface area contributed by atoms with Crippen LogP contribution in [0.1, 0.15) is 38.8 Å². The molecule has 0 bridgehead atoms. The lowest BCUT2D eigenvalue weighted by atomic mass is 10.1. The van der Waals surface area contributed by atoms with Gasteiger partial charge < -0.3 is 24.3 Å². The molecule has 4 aromatic rings. The van der Waals surface area contributed by atoms with Gasteiger partial charge in [-0.25, -0.2) is 14.6 Å². The lowest BCUT2D eigenvalue weighted by Gasteiger charge is -2.08. The minimum Gasteiger partial charge on any atom is -0.489 e. The molecule has 0 aromatic heterocycles. The fourth-order valence-electron chi connectivity index (χ4n) is 3.99. The number of hydrogen-bond acceptors (Lipinski definition) is 8. The fourth-order valence-corrected chi connectivity index (χ4v) is 3.99. The highest BCUT2D eigenvalue weighted by Crippen LogP contribution is 2.20. The van der Waals surface area contributed by atoms with Crippen LogP contribution in [0.4, 0.5) is 0 Å². The van der Waals surface area contributed by atoms with Gasteiger partial charge in [0.2, 0.25) is 5.91 Å². The summed E-state index contributed by atoms with van der Waals surface area (Å²) in [5.41, 5.74) is 2.86. The van der Waals surface area contributed by atoms with Gasteiger partial charge in [-0.05, 0) is 58.6 Å². The summed E-state index contributed by atoms with van der Waals surface area (Å²) in [7, 11) is 1.19. The van der Waals surface area contributed by atoms with E-state index in [1.54, 1.807) is 49.4 Å². The van der Waals surface area contributed by atoms with Crippen LogP contribution in [-0.2, 0) is 37.1 Å². The van der Waals surface area contributed by atoms with Gasteiger partial charge >= 0.3 is 11.9 Å². The van der Waals surface area contributed by atoms with Gasteiger partial charge in [0, 0.05) is 13.8 Å². The molecule has 46 heavy (non-hydrogen) atoms. The van der Waals surface area contributed by atoms with Gasteiger partial charge in [-0.15, -0.1) is 0 Å². The summed E-state index contributed by atoms with van der Waals surface area (Å²) in [5, 5.41) is 2.34. The molecule has 0 saturated heterocycles. The number of cyclic esters (lactones) is 1. The molecule has 5 rings (SSSR count). The Morgan fingerprint density at radius 3 is 1.87 bits per heavy atom. The van der Waals surface area contributed by atoms with Crippen molar-refractivity contribution in [2.24, 2.45) is 4.99 Å². The topological polar surface area (TPSA) is 113 Å². The van der Waals surface area contributed by atoms with Gasteiger partial charge in [0.1, 0.15) is 30.4 Å². The molecule has 0 radical (unpaired) electrons. The summed E-state index contributed by atoms with van der Waals surface area (Å²) < 4.78 is 37.3. The van der Waals surface area contributed by atoms with Crippen molar-refractivity contribution in [3.63, 3.8) is 0 Å². The summed E-state index contributed by atoms with van der Waals surface area (Å²) in [5.74, 6) is -0.395. The zero-order valence-electron chi connectivity index (χ0n) is 27.6. The predicted octanol–water partition coefficient (Wildman–Crippen LogP) is 6.50. The summed E-state index contributed by atoms with van der Waals surface area (Å²) in [6.07, 6.45) is 0. The number of esters is 2. The standard InChI is InChI=1S/C19H19NO4.C18H15NO3/c1-14(21)20-18(19(22)23-2)12-16-9-6-10-17(11-16)24-13-15-7-4-3-5-8-15;1-13-19-17(18(20)22-13)11-15-8-5-9-16(10-15)21-12-14-6-3-2-4-7-14/h3-12H,13H2,1-2H3,(H,20,21);2-11H,12H2,1H3/b18-12-;17-11-/i12D;11D. The average molecular weight is 621 g/mol. The quantitative estimate of drug-likeness (QED) is 0.159. The number of carbonyl (C=O) groups is 3. The largest absolute Gasteiger partial charge is 0.489 e. The molecule has 0 unspecified atom stereocenters. The van der Waals surface area contributed by atoms with E-state index in [2.05, 4.69) is 15.0 Å². The van der Waals surface area contributed by atoms with Crippen LogP contribution in [0, 0.1) is 0 Å². The molecule has 9 heteroatoms. The van der Waals surface area contributed by atoms with Crippen LogP contribution in [0.25, 0.3) is 12.1 Å². The summed E-state index contributed by atoms with van der Waals surface area (Å²) in [6.45, 7) is 3.66. The predicted molar refractivity (Wildman–Crippen MR) is 175 cm³/mol. The van der Waals surface area contributed by atoms with Gasteiger partial charge in [-0.1, -0.05) is 84.9 Å². The number of aliphatic imine (C=N–C) groups is 1. The molecule has 4 aromatic carbocycles. The smallest absolute Gasteiger partial charge is 0.363 e. The van der Waals surface area contributed by atoms with Crippen molar-refractivity contribution in [3.8, 4) is 11.5 Å². The molecule has 0 spiro atoms. The molecule has 1 aliphatic heterocycles. The SMILES string of the molecule is [2H]/C(=C(/NC(C)=O)C(=O)OC)c1cccc(OCc2ccccc2)c1.[2H]/C(=C1/N=C(C)OC1=O)c1cccc(OCc2ccccc2)c1. The Hall–Kier alpha value is -5.96. The van der Waals surface area contributed by atoms with E-state index in [0.29, 0.717) is 35.8 Å². The Morgan fingerprint density at radius 2 is 1.37 bits per heavy atom. The molecule has 0 fully saturated rings. The number of hydrogen-bond donors (Lipinski definition) is 1. The number of nitrogens with zero attached hydrogens (tertiary/aromatic N) is 1. The Morgan fingerprint density at radius 1 is 0.826 bits per heavy atom. The Balaban J connectivity index is 0.000000217. The first-order valence-electron chi connectivity index (χ1n) is 15.2. The summed E-state index contributed by atoms with van der Waals surface area (Å²) in [6, 6.07) is 33.2. The first-order chi connectivity index (χ1) is 23.1. The molecule has 1 heterocycles. The first-order valence-corrected chi connectivity index (χ1v) is 14.2. The third-order valence-electron chi connectivity index (χ3n) is 6.09. The van der Waals surface area contributed by atoms with E-state index in [9.17, 15) is 14.4 Å². The molecule has 1 aliphatic rings. The molecule has 234 valence electrons. The second kappa shape index (κ2) is 16.8. The van der Waals surface area contributed by atoms with Crippen LogP contribution < -0.4 is 14.8 Å². The zero-order chi connectivity index (χ0) is 34.5. The first kappa shape index (κ1) is 30.1. The van der Waals surface area contributed by atoms with Crippen LogP contribution in [0.3, 0.4) is 0 Å². The van der Waals surface area contributed by atoms with Gasteiger partial charge in [0.15, 0.2) is 11.6 Å². The van der Waals surface area contributed by atoms with Crippen molar-refractivity contribution < 1.29 is 36.1 Å². The van der Waals surface area contributed by atoms with E-state index in [0.717, 1.165) is 11.1 Å². The van der Waals surface area contributed by atoms with Crippen LogP contribution in [0.15, 0.2) is 126 Å². The monoisotopic (exact) mass is 620 g/mol. The number of benzene rings is 4. The number of methoxy groups -OCH3 is 1. The van der Waals surface area contributed by atoms with E-state index >= 15 is 0 Å². The molecule has 0 saturated carbocycles. The van der Waals surface area contributed by atoms with Crippen LogP contribution in [0.2, 0.25) is 0 Å². The maximum Gasteiger partial charge on any atom is 0.363 e. The van der Waals surface area contributed by atoms with Crippen molar-refractivity contribution in [1.82, 2.24) is 5.32 Å². The Labute approximate surface area is 270 Å². The number of ether oxygens (including phenoxy) is 4. The lowest BCUT2D eigenvalue weighted by molar-refractivity contribution is -0.137. The second-order valence-corrected chi connectivity index (χ2v) is 9.77. The van der Waals surface area contributed by atoms with Crippen molar-refractivity contribution in [1.29, 1.82) is 0 Å². The zero-order valence-corrected chi connectivity index (χ0v) is 25.6. The van der Waals surface area contributed by atoms with Crippen LogP contribution in [0.5, 0.6) is 11.5 Å². The van der Waals surface area contributed by atoms with Gasteiger partial charge in [-0.3, -0.25) is 4.79 Å². The molecule has 0 aliphatic carbocycles.